The quantitative estimate of drug-likeness (QED) is 0.940. The topological polar surface area (TPSA) is 46.9 Å². The van der Waals surface area contributed by atoms with Crippen LogP contribution in [0.25, 0.3) is 0 Å². The lowest BCUT2D eigenvalue weighted by atomic mass is 9.98. The Morgan fingerprint density at radius 3 is 2.70 bits per heavy atom. The van der Waals surface area contributed by atoms with Crippen molar-refractivity contribution in [3.05, 3.63) is 44.8 Å². The summed E-state index contributed by atoms with van der Waals surface area (Å²) in [6.07, 6.45) is 3.78. The van der Waals surface area contributed by atoms with Crippen LogP contribution in [0.15, 0.2) is 29.3 Å². The molecule has 5 heteroatoms. The van der Waals surface area contributed by atoms with Crippen LogP contribution in [0.2, 0.25) is 0 Å². The van der Waals surface area contributed by atoms with Crippen LogP contribution in [0, 0.1) is 0 Å². The van der Waals surface area contributed by atoms with Crippen LogP contribution in [0.5, 0.6) is 0 Å². The zero-order chi connectivity index (χ0) is 14.8. The number of pyridine rings is 1. The van der Waals surface area contributed by atoms with Crippen LogP contribution in [0.1, 0.15) is 37.6 Å². The molecule has 1 N–H and O–H groups in total. The van der Waals surface area contributed by atoms with Gasteiger partial charge in [-0.3, -0.25) is 4.79 Å². The van der Waals surface area contributed by atoms with Gasteiger partial charge in [0.15, 0.2) is 0 Å². The molecule has 20 heavy (non-hydrogen) atoms. The Morgan fingerprint density at radius 2 is 2.10 bits per heavy atom. The second-order valence-corrected chi connectivity index (χ2v) is 6.89. The van der Waals surface area contributed by atoms with Crippen molar-refractivity contribution >= 4 is 17.0 Å². The number of anilines is 1. The number of rotatable bonds is 4. The highest BCUT2D eigenvalue weighted by Gasteiger charge is 2.17. The lowest BCUT2D eigenvalue weighted by molar-refractivity contribution is 0.585. The summed E-state index contributed by atoms with van der Waals surface area (Å²) in [6, 6.07) is 3.42. The van der Waals surface area contributed by atoms with E-state index in [1.54, 1.807) is 22.0 Å². The molecule has 2 heterocycles. The van der Waals surface area contributed by atoms with Crippen molar-refractivity contribution in [1.82, 2.24) is 9.55 Å². The second kappa shape index (κ2) is 5.79. The van der Waals surface area contributed by atoms with Crippen LogP contribution >= 0.6 is 11.3 Å². The van der Waals surface area contributed by atoms with E-state index in [2.05, 4.69) is 31.1 Å². The number of nitrogens with zero attached hydrogens (tertiary/aromatic N) is 2. The monoisotopic (exact) mass is 291 g/mol. The van der Waals surface area contributed by atoms with Gasteiger partial charge in [-0.1, -0.05) is 20.8 Å². The summed E-state index contributed by atoms with van der Waals surface area (Å²) in [5.74, 6) is 0. The van der Waals surface area contributed by atoms with E-state index in [9.17, 15) is 4.79 Å². The zero-order valence-corrected chi connectivity index (χ0v) is 13.3. The van der Waals surface area contributed by atoms with Crippen LogP contribution < -0.4 is 10.9 Å². The summed E-state index contributed by atoms with van der Waals surface area (Å²) >= 11 is 1.73. The first-order valence-electron chi connectivity index (χ1n) is 6.79. The van der Waals surface area contributed by atoms with Gasteiger partial charge in [0.25, 0.3) is 5.56 Å². The minimum absolute atomic E-state index is 0.0332. The van der Waals surface area contributed by atoms with Gasteiger partial charge in [-0.05, 0) is 13.0 Å². The molecule has 0 bridgehead atoms. The van der Waals surface area contributed by atoms with E-state index in [1.807, 2.05) is 25.4 Å². The average molecular weight is 291 g/mol. The molecule has 0 atom stereocenters. The fourth-order valence-electron chi connectivity index (χ4n) is 1.81. The van der Waals surface area contributed by atoms with E-state index in [0.29, 0.717) is 6.54 Å². The van der Waals surface area contributed by atoms with E-state index in [1.165, 1.54) is 4.88 Å². The third kappa shape index (κ3) is 3.48. The van der Waals surface area contributed by atoms with Gasteiger partial charge in [-0.25, -0.2) is 4.98 Å². The highest BCUT2D eigenvalue weighted by atomic mass is 32.1. The van der Waals surface area contributed by atoms with Crippen LogP contribution in [0.3, 0.4) is 0 Å². The number of thiazole rings is 1. The van der Waals surface area contributed by atoms with Gasteiger partial charge in [0.1, 0.15) is 0 Å². The molecule has 0 saturated carbocycles. The summed E-state index contributed by atoms with van der Waals surface area (Å²) in [7, 11) is 0. The smallest absolute Gasteiger partial charge is 0.250 e. The first-order chi connectivity index (χ1) is 9.40. The van der Waals surface area contributed by atoms with Crippen molar-refractivity contribution < 1.29 is 0 Å². The maximum atomic E-state index is 11.5. The largest absolute Gasteiger partial charge is 0.379 e. The normalized spacial score (nSPS) is 11.6. The summed E-state index contributed by atoms with van der Waals surface area (Å²) in [4.78, 5) is 17.2. The fourth-order valence-corrected chi connectivity index (χ4v) is 2.72. The molecule has 0 unspecified atom stereocenters. The van der Waals surface area contributed by atoms with Crippen molar-refractivity contribution in [1.29, 1.82) is 0 Å². The van der Waals surface area contributed by atoms with E-state index in [4.69, 9.17) is 0 Å². The number of nitrogens with one attached hydrogen (secondary N) is 1. The second-order valence-electron chi connectivity index (χ2n) is 5.78. The Bertz CT molecular complexity index is 637. The minimum Gasteiger partial charge on any atom is -0.379 e. The molecule has 108 valence electrons. The molecule has 2 aromatic rings. The minimum atomic E-state index is 0.0332. The van der Waals surface area contributed by atoms with Crippen LogP contribution in [0.4, 0.5) is 5.69 Å². The molecule has 0 aliphatic carbocycles. The van der Waals surface area contributed by atoms with Gasteiger partial charge < -0.3 is 9.88 Å². The molecular formula is C15H21N3OS. The molecule has 2 aromatic heterocycles. The molecule has 4 nitrogen and oxygen atoms in total. The van der Waals surface area contributed by atoms with Crippen LogP contribution in [-0.2, 0) is 18.5 Å². The Kier molecular flexibility index (Phi) is 4.28. The zero-order valence-electron chi connectivity index (χ0n) is 12.4. The summed E-state index contributed by atoms with van der Waals surface area (Å²) in [6.45, 7) is 9.88. The van der Waals surface area contributed by atoms with E-state index < -0.39 is 0 Å². The summed E-state index contributed by atoms with van der Waals surface area (Å²) in [5.41, 5.74) is 1.08. The predicted octanol–water partition coefficient (Wildman–Crippen LogP) is 3.23. The molecule has 0 fully saturated rings. The van der Waals surface area contributed by atoms with Gasteiger partial charge in [0.2, 0.25) is 0 Å². The van der Waals surface area contributed by atoms with Crippen LogP contribution in [-0.4, -0.2) is 9.55 Å². The number of aromatic nitrogens is 2. The number of hydrogen-bond donors (Lipinski definition) is 1. The third-order valence-corrected chi connectivity index (χ3v) is 4.41. The van der Waals surface area contributed by atoms with Crippen molar-refractivity contribution in [3.8, 4) is 0 Å². The Hall–Kier alpha value is -1.62. The molecular weight excluding hydrogens is 270 g/mol. The van der Waals surface area contributed by atoms with Crippen molar-refractivity contribution in [2.75, 3.05) is 5.32 Å². The maximum Gasteiger partial charge on any atom is 0.250 e. The summed E-state index contributed by atoms with van der Waals surface area (Å²) < 4.78 is 1.69. The Labute approximate surface area is 123 Å². The Morgan fingerprint density at radius 1 is 1.35 bits per heavy atom. The fraction of sp³-hybridized carbons (Fsp3) is 0.467. The number of hydrogen-bond acceptors (Lipinski definition) is 4. The lowest BCUT2D eigenvalue weighted by Gasteiger charge is -2.13. The van der Waals surface area contributed by atoms with E-state index >= 15 is 0 Å². The van der Waals surface area contributed by atoms with Gasteiger partial charge in [-0.2, -0.15) is 0 Å². The maximum absolute atomic E-state index is 11.5. The molecule has 0 radical (unpaired) electrons. The summed E-state index contributed by atoms with van der Waals surface area (Å²) in [5, 5.41) is 4.48. The first-order valence-corrected chi connectivity index (χ1v) is 7.61. The van der Waals surface area contributed by atoms with Crippen molar-refractivity contribution in [2.45, 2.75) is 46.2 Å². The SMILES string of the molecule is CCn1cc(NCc2cnc(C(C)(C)C)s2)ccc1=O. The van der Waals surface area contributed by atoms with Gasteiger partial charge in [0.05, 0.1) is 17.2 Å². The van der Waals surface area contributed by atoms with E-state index in [0.717, 1.165) is 17.2 Å². The van der Waals surface area contributed by atoms with E-state index in [-0.39, 0.29) is 11.0 Å². The molecule has 0 saturated heterocycles. The molecule has 0 aromatic carbocycles. The third-order valence-electron chi connectivity index (χ3n) is 2.99. The van der Waals surface area contributed by atoms with Gasteiger partial charge >= 0.3 is 0 Å². The van der Waals surface area contributed by atoms with Crippen molar-refractivity contribution in [2.24, 2.45) is 0 Å². The standard InChI is InChI=1S/C15H21N3OS/c1-5-18-10-11(6-7-13(18)19)16-8-12-9-17-14(20-12)15(2,3)4/h6-7,9-10,16H,5,8H2,1-4H3. The highest BCUT2D eigenvalue weighted by molar-refractivity contribution is 7.11. The lowest BCUT2D eigenvalue weighted by Crippen LogP contribution is -2.17. The van der Waals surface area contributed by atoms with Gasteiger partial charge in [0, 0.05) is 35.3 Å². The molecule has 0 aliphatic rings. The first kappa shape index (κ1) is 14.8. The molecule has 0 amide bonds. The number of aryl methyl sites for hydroxylation is 1. The predicted molar refractivity (Wildman–Crippen MR) is 84.5 cm³/mol. The highest BCUT2D eigenvalue weighted by Crippen LogP contribution is 2.27. The average Bonchev–Trinajstić information content (AvgIpc) is 2.86. The molecule has 2 rings (SSSR count). The molecule has 0 spiro atoms. The Balaban J connectivity index is 2.05. The molecule has 0 aliphatic heterocycles. The van der Waals surface area contributed by atoms with Gasteiger partial charge in [-0.15, -0.1) is 11.3 Å². The van der Waals surface area contributed by atoms with Crippen molar-refractivity contribution in [3.63, 3.8) is 0 Å².